The van der Waals surface area contributed by atoms with Crippen molar-refractivity contribution in [2.75, 3.05) is 38.7 Å². The molecule has 2 amide bonds. The van der Waals surface area contributed by atoms with E-state index in [-0.39, 0.29) is 23.4 Å². The van der Waals surface area contributed by atoms with Crippen LogP contribution in [-0.2, 0) is 14.8 Å². The second-order valence-corrected chi connectivity index (χ2v) is 8.76. The first-order valence-corrected chi connectivity index (χ1v) is 10.6. The van der Waals surface area contributed by atoms with Gasteiger partial charge in [-0.25, -0.2) is 17.5 Å². The van der Waals surface area contributed by atoms with Crippen LogP contribution in [0.1, 0.15) is 15.9 Å². The molecule has 8 nitrogen and oxygen atoms in total. The number of nitrogens with zero attached hydrogens (tertiary/aromatic N) is 2. The van der Waals surface area contributed by atoms with Gasteiger partial charge in [0.2, 0.25) is 10.0 Å². The third-order valence-corrected chi connectivity index (χ3v) is 6.23. The monoisotopic (exact) mass is 427 g/mol. The van der Waals surface area contributed by atoms with Gasteiger partial charge in [0.05, 0.1) is 18.0 Å². The van der Waals surface area contributed by atoms with E-state index in [4.69, 9.17) is 4.74 Å². The average Bonchev–Trinajstić information content (AvgIpc) is 3.17. The molecule has 0 saturated carbocycles. The van der Waals surface area contributed by atoms with Crippen molar-refractivity contribution in [3.63, 3.8) is 0 Å². The molecular weight excluding hydrogens is 406 g/mol. The number of carbonyl (C=O) groups excluding carboxylic acids is 2. The molecule has 1 heterocycles. The molecule has 30 heavy (non-hydrogen) atoms. The van der Waals surface area contributed by atoms with Gasteiger partial charge in [-0.3, -0.25) is 9.69 Å². The van der Waals surface area contributed by atoms with Gasteiger partial charge >= 0.3 is 6.09 Å². The first kappa shape index (κ1) is 21.4. The Bertz CT molecular complexity index is 1100. The number of rotatable bonds is 5. The maximum absolute atomic E-state index is 12.2. The second-order valence-electron chi connectivity index (χ2n) is 6.61. The molecule has 3 rings (SSSR count). The average molecular weight is 427 g/mol. The van der Waals surface area contributed by atoms with E-state index in [0.29, 0.717) is 18.7 Å². The summed E-state index contributed by atoms with van der Waals surface area (Å²) in [6, 6.07) is 12.9. The Hall–Kier alpha value is -3.35. The molecule has 9 heteroatoms. The zero-order valence-corrected chi connectivity index (χ0v) is 17.4. The van der Waals surface area contributed by atoms with Crippen molar-refractivity contribution in [3.05, 3.63) is 59.7 Å². The summed E-state index contributed by atoms with van der Waals surface area (Å²) in [6.45, 7) is 1.04. The Morgan fingerprint density at radius 2 is 1.80 bits per heavy atom. The van der Waals surface area contributed by atoms with Crippen LogP contribution in [-0.4, -0.2) is 58.5 Å². The van der Waals surface area contributed by atoms with E-state index in [9.17, 15) is 18.0 Å². The highest BCUT2D eigenvalue weighted by Crippen LogP contribution is 2.19. The molecule has 1 aliphatic heterocycles. The van der Waals surface area contributed by atoms with Crippen LogP contribution in [0, 0.1) is 11.8 Å². The fourth-order valence-corrected chi connectivity index (χ4v) is 3.62. The predicted octanol–water partition coefficient (Wildman–Crippen LogP) is 1.67. The lowest BCUT2D eigenvalue weighted by atomic mass is 10.2. The minimum atomic E-state index is -3.53. The normalized spacial score (nSPS) is 13.6. The van der Waals surface area contributed by atoms with Gasteiger partial charge in [-0.05, 0) is 48.5 Å². The number of sulfonamides is 1. The number of hydrogen-bond donors (Lipinski definition) is 1. The van der Waals surface area contributed by atoms with E-state index in [1.807, 2.05) is 0 Å². The maximum Gasteiger partial charge on any atom is 0.414 e. The van der Waals surface area contributed by atoms with E-state index in [0.717, 1.165) is 15.6 Å². The van der Waals surface area contributed by atoms with Crippen LogP contribution in [0.25, 0.3) is 0 Å². The van der Waals surface area contributed by atoms with Gasteiger partial charge < -0.3 is 10.1 Å². The fraction of sp³-hybridized carbons (Fsp3) is 0.238. The molecule has 0 bridgehead atoms. The molecule has 1 saturated heterocycles. The lowest BCUT2D eigenvalue weighted by Crippen LogP contribution is -2.24. The highest BCUT2D eigenvalue weighted by molar-refractivity contribution is 7.89. The summed E-state index contributed by atoms with van der Waals surface area (Å²) in [5, 5.41) is 2.67. The summed E-state index contributed by atoms with van der Waals surface area (Å²) < 4.78 is 30.1. The molecule has 0 aromatic heterocycles. The van der Waals surface area contributed by atoms with Crippen LogP contribution in [0.3, 0.4) is 0 Å². The molecule has 1 aliphatic rings. The number of nitrogens with one attached hydrogen (secondary N) is 1. The number of ether oxygens (including phenoxy) is 1. The van der Waals surface area contributed by atoms with Gasteiger partial charge in [-0.15, -0.1) is 0 Å². The highest BCUT2D eigenvalue weighted by atomic mass is 32.2. The number of cyclic esters (lactones) is 1. The smallest absolute Gasteiger partial charge is 0.414 e. The van der Waals surface area contributed by atoms with Crippen molar-refractivity contribution in [3.8, 4) is 11.8 Å². The third-order valence-electron chi connectivity index (χ3n) is 4.40. The molecule has 0 radical (unpaired) electrons. The van der Waals surface area contributed by atoms with Crippen LogP contribution in [0.15, 0.2) is 53.4 Å². The first-order chi connectivity index (χ1) is 14.3. The quantitative estimate of drug-likeness (QED) is 0.733. The van der Waals surface area contributed by atoms with E-state index in [2.05, 4.69) is 17.2 Å². The number of amides is 2. The molecule has 1 fully saturated rings. The van der Waals surface area contributed by atoms with E-state index < -0.39 is 10.0 Å². The summed E-state index contributed by atoms with van der Waals surface area (Å²) in [5.74, 6) is 5.45. The SMILES string of the molecule is CN(C)S(=O)(=O)c1ccc(C(=O)NCC#Cc2ccc(N3CCOC3=O)cc2)cc1. The van der Waals surface area contributed by atoms with Crippen molar-refractivity contribution in [1.82, 2.24) is 9.62 Å². The molecule has 2 aromatic rings. The topological polar surface area (TPSA) is 96.0 Å². The van der Waals surface area contributed by atoms with Crippen LogP contribution in [0.2, 0.25) is 0 Å². The predicted molar refractivity (Wildman–Crippen MR) is 112 cm³/mol. The van der Waals surface area contributed by atoms with Crippen LogP contribution < -0.4 is 10.2 Å². The Balaban J connectivity index is 1.55. The highest BCUT2D eigenvalue weighted by Gasteiger charge is 2.23. The van der Waals surface area contributed by atoms with Gasteiger partial charge in [0, 0.05) is 30.9 Å². The van der Waals surface area contributed by atoms with Gasteiger partial charge in [0.1, 0.15) is 6.61 Å². The molecule has 2 aromatic carbocycles. The van der Waals surface area contributed by atoms with E-state index in [1.165, 1.54) is 38.4 Å². The lowest BCUT2D eigenvalue weighted by Gasteiger charge is -2.12. The lowest BCUT2D eigenvalue weighted by molar-refractivity contribution is 0.0958. The van der Waals surface area contributed by atoms with Gasteiger partial charge in [0.25, 0.3) is 5.91 Å². The third kappa shape index (κ3) is 4.79. The molecule has 0 aliphatic carbocycles. The van der Waals surface area contributed by atoms with Gasteiger partial charge in [-0.2, -0.15) is 0 Å². The summed E-state index contributed by atoms with van der Waals surface area (Å²) in [6.07, 6.45) is -0.358. The number of benzene rings is 2. The minimum absolute atomic E-state index is 0.120. The molecule has 0 atom stereocenters. The van der Waals surface area contributed by atoms with Gasteiger partial charge in [0.15, 0.2) is 0 Å². The number of hydrogen-bond acceptors (Lipinski definition) is 5. The number of carbonyl (C=O) groups is 2. The van der Waals surface area contributed by atoms with E-state index in [1.54, 1.807) is 29.2 Å². The molecule has 1 N–H and O–H groups in total. The van der Waals surface area contributed by atoms with Crippen molar-refractivity contribution in [2.24, 2.45) is 0 Å². The Kier molecular flexibility index (Phi) is 6.40. The Morgan fingerprint density at radius 3 is 2.37 bits per heavy atom. The molecule has 0 unspecified atom stereocenters. The van der Waals surface area contributed by atoms with Crippen molar-refractivity contribution < 1.29 is 22.7 Å². The van der Waals surface area contributed by atoms with Crippen LogP contribution in [0.5, 0.6) is 0 Å². The molecule has 0 spiro atoms. The fourth-order valence-electron chi connectivity index (χ4n) is 2.71. The second kappa shape index (κ2) is 8.98. The standard InChI is InChI=1S/C21H21N3O5S/c1-23(2)30(27,28)19-11-7-17(8-12-19)20(25)22-13-3-4-16-5-9-18(10-6-16)24-14-15-29-21(24)26/h5-12H,13-15H2,1-2H3,(H,22,25). The van der Waals surface area contributed by atoms with Gasteiger partial charge in [-0.1, -0.05) is 11.8 Å². The van der Waals surface area contributed by atoms with E-state index >= 15 is 0 Å². The first-order valence-electron chi connectivity index (χ1n) is 9.13. The zero-order chi connectivity index (χ0) is 21.7. The largest absolute Gasteiger partial charge is 0.447 e. The zero-order valence-electron chi connectivity index (χ0n) is 16.6. The summed E-state index contributed by atoms with van der Waals surface area (Å²) in [4.78, 5) is 25.4. The summed E-state index contributed by atoms with van der Waals surface area (Å²) >= 11 is 0. The van der Waals surface area contributed by atoms with Crippen LogP contribution in [0.4, 0.5) is 10.5 Å². The number of anilines is 1. The minimum Gasteiger partial charge on any atom is -0.447 e. The van der Waals surface area contributed by atoms with Crippen molar-refractivity contribution in [2.45, 2.75) is 4.90 Å². The van der Waals surface area contributed by atoms with Crippen LogP contribution >= 0.6 is 0 Å². The Labute approximate surface area is 175 Å². The Morgan fingerprint density at radius 1 is 1.13 bits per heavy atom. The summed E-state index contributed by atoms with van der Waals surface area (Å²) in [7, 11) is -0.638. The van der Waals surface area contributed by atoms with Crippen molar-refractivity contribution >= 4 is 27.7 Å². The molecular formula is C21H21N3O5S. The van der Waals surface area contributed by atoms with Crippen molar-refractivity contribution in [1.29, 1.82) is 0 Å². The maximum atomic E-state index is 12.2. The molecule has 156 valence electrons. The summed E-state index contributed by atoms with van der Waals surface area (Å²) in [5.41, 5.74) is 1.84.